The molecule has 0 amide bonds. The van der Waals surface area contributed by atoms with Gasteiger partial charge in [0.05, 0.1) is 26.5 Å². The molecule has 1 aromatic carbocycles. The zero-order chi connectivity index (χ0) is 17.4. The van der Waals surface area contributed by atoms with E-state index in [1.165, 1.54) is 0 Å². The number of aliphatic hydroxyl groups is 1. The van der Waals surface area contributed by atoms with Gasteiger partial charge in [0.1, 0.15) is 17.2 Å². The molecule has 130 valence electrons. The lowest BCUT2D eigenvalue weighted by molar-refractivity contribution is 0.0514. The number of methoxy groups -OCH3 is 2. The Labute approximate surface area is 142 Å². The highest BCUT2D eigenvalue weighted by Gasteiger charge is 2.17. The molecule has 0 fully saturated rings. The van der Waals surface area contributed by atoms with Crippen molar-refractivity contribution in [3.8, 4) is 28.4 Å². The maximum atomic E-state index is 9.71. The summed E-state index contributed by atoms with van der Waals surface area (Å²) in [4.78, 5) is 4.14. The molecule has 6 nitrogen and oxygen atoms in total. The Hall–Kier alpha value is -2.31. The minimum Gasteiger partial charge on any atom is -0.497 e. The van der Waals surface area contributed by atoms with Crippen LogP contribution in [0.5, 0.6) is 17.2 Å². The molecular formula is C18H23NO5. The van der Waals surface area contributed by atoms with E-state index in [4.69, 9.17) is 18.9 Å². The molecule has 0 saturated carbocycles. The third-order valence-corrected chi connectivity index (χ3v) is 3.41. The quantitative estimate of drug-likeness (QED) is 0.711. The Morgan fingerprint density at radius 3 is 2.58 bits per heavy atom. The van der Waals surface area contributed by atoms with E-state index >= 15 is 0 Å². The first-order valence-corrected chi connectivity index (χ1v) is 7.75. The topological polar surface area (TPSA) is 70.0 Å². The van der Waals surface area contributed by atoms with E-state index < -0.39 is 0 Å². The first-order chi connectivity index (χ1) is 11.7. The summed E-state index contributed by atoms with van der Waals surface area (Å²) in [6, 6.07) is 5.48. The van der Waals surface area contributed by atoms with Gasteiger partial charge < -0.3 is 24.1 Å². The highest BCUT2D eigenvalue weighted by molar-refractivity contribution is 5.79. The second kappa shape index (κ2) is 9.10. The molecule has 0 aliphatic carbocycles. The predicted molar refractivity (Wildman–Crippen MR) is 90.4 cm³/mol. The van der Waals surface area contributed by atoms with E-state index in [2.05, 4.69) is 4.98 Å². The lowest BCUT2D eigenvalue weighted by Gasteiger charge is -2.18. The van der Waals surface area contributed by atoms with Crippen molar-refractivity contribution in [2.24, 2.45) is 0 Å². The number of ether oxygens (including phenoxy) is 4. The fourth-order valence-corrected chi connectivity index (χ4v) is 2.31. The summed E-state index contributed by atoms with van der Waals surface area (Å²) in [5.74, 6) is 1.86. The monoisotopic (exact) mass is 333 g/mol. The molecule has 0 spiro atoms. The molecule has 0 aliphatic heterocycles. The van der Waals surface area contributed by atoms with Crippen molar-refractivity contribution in [2.75, 3.05) is 27.6 Å². The van der Waals surface area contributed by atoms with Crippen LogP contribution in [-0.2, 0) is 11.3 Å². The van der Waals surface area contributed by atoms with Gasteiger partial charge in [0.25, 0.3) is 0 Å². The maximum Gasteiger partial charge on any atom is 0.188 e. The van der Waals surface area contributed by atoms with Crippen LogP contribution < -0.4 is 14.2 Å². The Bertz CT molecular complexity index is 660. The highest BCUT2D eigenvalue weighted by atomic mass is 16.7. The number of hydrogen-bond donors (Lipinski definition) is 1. The van der Waals surface area contributed by atoms with Crippen LogP contribution >= 0.6 is 0 Å². The number of rotatable bonds is 9. The molecule has 1 aromatic heterocycles. The molecule has 2 aromatic rings. The first-order valence-electron chi connectivity index (χ1n) is 7.75. The van der Waals surface area contributed by atoms with Crippen LogP contribution in [0.2, 0.25) is 0 Å². The van der Waals surface area contributed by atoms with E-state index in [0.29, 0.717) is 29.4 Å². The normalized spacial score (nSPS) is 10.5. The van der Waals surface area contributed by atoms with Gasteiger partial charge in [-0.05, 0) is 18.6 Å². The zero-order valence-electron chi connectivity index (χ0n) is 14.2. The van der Waals surface area contributed by atoms with Crippen molar-refractivity contribution < 1.29 is 24.1 Å². The molecule has 0 unspecified atom stereocenters. The molecule has 1 N–H and O–H groups in total. The van der Waals surface area contributed by atoms with Crippen LogP contribution in [0.1, 0.15) is 18.9 Å². The molecule has 24 heavy (non-hydrogen) atoms. The number of pyridine rings is 1. The van der Waals surface area contributed by atoms with E-state index in [1.54, 1.807) is 32.7 Å². The third kappa shape index (κ3) is 4.15. The molecule has 0 radical (unpaired) electrons. The summed E-state index contributed by atoms with van der Waals surface area (Å²) in [7, 11) is 3.15. The lowest BCUT2D eigenvalue weighted by atomic mass is 9.99. The average Bonchev–Trinajstić information content (AvgIpc) is 2.64. The predicted octanol–water partition coefficient (Wildman–Crippen LogP) is 3.02. The van der Waals surface area contributed by atoms with E-state index in [0.717, 1.165) is 17.5 Å². The zero-order valence-corrected chi connectivity index (χ0v) is 14.2. The van der Waals surface area contributed by atoms with E-state index in [-0.39, 0.29) is 13.4 Å². The molecule has 1 heterocycles. The van der Waals surface area contributed by atoms with E-state index in [9.17, 15) is 5.11 Å². The van der Waals surface area contributed by atoms with Crippen LogP contribution in [0.3, 0.4) is 0 Å². The summed E-state index contributed by atoms with van der Waals surface area (Å²) in [5.41, 5.74) is 2.20. The standard InChI is InChI=1S/C18H23NO5/c1-4-7-23-17-10-19-9-13(11-20)18(17)15-6-5-14(22-3)8-16(15)24-12-21-2/h5-6,8-10,20H,4,7,11-12H2,1-3H3. The fourth-order valence-electron chi connectivity index (χ4n) is 2.31. The average molecular weight is 333 g/mol. The van der Waals surface area contributed by atoms with Crippen LogP contribution in [0.25, 0.3) is 11.1 Å². The molecular weight excluding hydrogens is 310 g/mol. The largest absolute Gasteiger partial charge is 0.497 e. The summed E-state index contributed by atoms with van der Waals surface area (Å²) >= 11 is 0. The second-order valence-corrected chi connectivity index (χ2v) is 5.09. The molecule has 0 aliphatic rings. The van der Waals surface area contributed by atoms with Gasteiger partial charge in [-0.3, -0.25) is 4.98 Å². The Morgan fingerprint density at radius 1 is 1.08 bits per heavy atom. The molecule has 0 atom stereocenters. The first kappa shape index (κ1) is 18.0. The minimum absolute atomic E-state index is 0.102. The van der Waals surface area contributed by atoms with Crippen LogP contribution in [0.4, 0.5) is 0 Å². The SMILES string of the molecule is CCCOc1cncc(CO)c1-c1ccc(OC)cc1OCOC. The Morgan fingerprint density at radius 2 is 1.92 bits per heavy atom. The van der Waals surface area contributed by atoms with Crippen LogP contribution in [0, 0.1) is 0 Å². The number of aromatic nitrogens is 1. The van der Waals surface area contributed by atoms with Gasteiger partial charge in [0, 0.05) is 36.1 Å². The van der Waals surface area contributed by atoms with Crippen molar-refractivity contribution in [3.63, 3.8) is 0 Å². The molecule has 2 rings (SSSR count). The number of nitrogens with zero attached hydrogens (tertiary/aromatic N) is 1. The van der Waals surface area contributed by atoms with Gasteiger partial charge in [0.15, 0.2) is 6.79 Å². The third-order valence-electron chi connectivity index (χ3n) is 3.41. The van der Waals surface area contributed by atoms with Crippen molar-refractivity contribution in [2.45, 2.75) is 20.0 Å². The fraction of sp³-hybridized carbons (Fsp3) is 0.389. The van der Waals surface area contributed by atoms with Crippen molar-refractivity contribution >= 4 is 0 Å². The number of benzene rings is 1. The number of hydrogen-bond acceptors (Lipinski definition) is 6. The summed E-state index contributed by atoms with van der Waals surface area (Å²) in [6.45, 7) is 2.55. The van der Waals surface area contributed by atoms with E-state index in [1.807, 2.05) is 19.1 Å². The Kier molecular flexibility index (Phi) is 6.84. The number of aliphatic hydroxyl groups excluding tert-OH is 1. The molecule has 0 saturated heterocycles. The summed E-state index contributed by atoms with van der Waals surface area (Å²) < 4.78 is 21.8. The summed E-state index contributed by atoms with van der Waals surface area (Å²) in [6.07, 6.45) is 4.14. The minimum atomic E-state index is -0.151. The van der Waals surface area contributed by atoms with Crippen molar-refractivity contribution in [1.29, 1.82) is 0 Å². The lowest BCUT2D eigenvalue weighted by Crippen LogP contribution is -2.04. The van der Waals surface area contributed by atoms with Gasteiger partial charge >= 0.3 is 0 Å². The summed E-state index contributed by atoms with van der Waals surface area (Å²) in [5, 5.41) is 9.71. The van der Waals surface area contributed by atoms with Crippen molar-refractivity contribution in [3.05, 3.63) is 36.2 Å². The molecule has 0 bridgehead atoms. The molecule has 6 heteroatoms. The Balaban J connectivity index is 2.56. The van der Waals surface area contributed by atoms with Crippen LogP contribution in [-0.4, -0.2) is 37.7 Å². The second-order valence-electron chi connectivity index (χ2n) is 5.09. The van der Waals surface area contributed by atoms with Gasteiger partial charge in [0.2, 0.25) is 0 Å². The van der Waals surface area contributed by atoms with Gasteiger partial charge in [-0.25, -0.2) is 0 Å². The smallest absolute Gasteiger partial charge is 0.188 e. The van der Waals surface area contributed by atoms with Crippen molar-refractivity contribution in [1.82, 2.24) is 4.98 Å². The van der Waals surface area contributed by atoms with Crippen LogP contribution in [0.15, 0.2) is 30.6 Å². The van der Waals surface area contributed by atoms with Gasteiger partial charge in [-0.2, -0.15) is 0 Å². The highest BCUT2D eigenvalue weighted by Crippen LogP contribution is 2.40. The maximum absolute atomic E-state index is 9.71. The van der Waals surface area contributed by atoms with Gasteiger partial charge in [-0.1, -0.05) is 6.92 Å². The van der Waals surface area contributed by atoms with Gasteiger partial charge in [-0.15, -0.1) is 0 Å².